The van der Waals surface area contributed by atoms with Crippen molar-refractivity contribution in [3.8, 4) is 0 Å². The van der Waals surface area contributed by atoms with Crippen molar-refractivity contribution in [2.24, 2.45) is 5.92 Å². The summed E-state index contributed by atoms with van der Waals surface area (Å²) in [6, 6.07) is 10.1. The lowest BCUT2D eigenvalue weighted by atomic mass is 9.83. The van der Waals surface area contributed by atoms with Crippen LogP contribution in [0.4, 0.5) is 0 Å². The SMILES string of the molecule is O=C(O)CC(=O)NC(Cc1ccccc1)CC1CCCCC1. The van der Waals surface area contributed by atoms with Crippen molar-refractivity contribution < 1.29 is 14.7 Å². The Hall–Kier alpha value is -1.84. The first-order chi connectivity index (χ1) is 10.6. The molecule has 120 valence electrons. The maximum absolute atomic E-state index is 11.8. The number of nitrogens with one attached hydrogen (secondary N) is 1. The van der Waals surface area contributed by atoms with Crippen LogP contribution in [0.3, 0.4) is 0 Å². The summed E-state index contributed by atoms with van der Waals surface area (Å²) in [5.74, 6) is -0.814. The molecule has 1 unspecified atom stereocenters. The van der Waals surface area contributed by atoms with Crippen LogP contribution in [0.25, 0.3) is 0 Å². The Labute approximate surface area is 131 Å². The molecule has 1 aliphatic carbocycles. The summed E-state index contributed by atoms with van der Waals surface area (Å²) >= 11 is 0. The predicted octanol–water partition coefficient (Wildman–Crippen LogP) is 3.16. The second-order valence-electron chi connectivity index (χ2n) is 6.26. The quantitative estimate of drug-likeness (QED) is 0.760. The van der Waals surface area contributed by atoms with Gasteiger partial charge in [0.2, 0.25) is 5.91 Å². The lowest BCUT2D eigenvalue weighted by Crippen LogP contribution is -2.39. The Bertz CT molecular complexity index is 480. The maximum atomic E-state index is 11.8. The summed E-state index contributed by atoms with van der Waals surface area (Å²) in [6.07, 6.45) is 7.56. The van der Waals surface area contributed by atoms with Crippen LogP contribution in [-0.4, -0.2) is 23.0 Å². The third-order valence-corrected chi connectivity index (χ3v) is 4.34. The lowest BCUT2D eigenvalue weighted by molar-refractivity contribution is -0.140. The highest BCUT2D eigenvalue weighted by molar-refractivity contribution is 5.93. The molecule has 0 saturated heterocycles. The second kappa shape index (κ2) is 8.57. The van der Waals surface area contributed by atoms with E-state index in [-0.39, 0.29) is 11.9 Å². The first kappa shape index (κ1) is 16.5. The number of benzene rings is 1. The summed E-state index contributed by atoms with van der Waals surface area (Å²) in [7, 11) is 0. The Morgan fingerprint density at radius 2 is 1.82 bits per heavy atom. The van der Waals surface area contributed by atoms with Crippen LogP contribution in [0.1, 0.15) is 50.5 Å². The molecule has 1 aromatic carbocycles. The number of aliphatic carboxylic acids is 1. The number of carbonyl (C=O) groups is 2. The van der Waals surface area contributed by atoms with Gasteiger partial charge in [-0.25, -0.2) is 0 Å². The molecular weight excluding hydrogens is 278 g/mol. The van der Waals surface area contributed by atoms with Crippen LogP contribution in [0.2, 0.25) is 0 Å². The molecule has 1 aliphatic rings. The molecule has 0 bridgehead atoms. The van der Waals surface area contributed by atoms with Gasteiger partial charge in [0.05, 0.1) is 0 Å². The van der Waals surface area contributed by atoms with Crippen LogP contribution in [-0.2, 0) is 16.0 Å². The fourth-order valence-corrected chi connectivity index (χ4v) is 3.33. The zero-order valence-corrected chi connectivity index (χ0v) is 13.0. The van der Waals surface area contributed by atoms with Crippen LogP contribution in [0.5, 0.6) is 0 Å². The number of hydrogen-bond donors (Lipinski definition) is 2. The van der Waals surface area contributed by atoms with E-state index in [0.29, 0.717) is 5.92 Å². The highest BCUT2D eigenvalue weighted by atomic mass is 16.4. The average Bonchev–Trinajstić information content (AvgIpc) is 2.48. The largest absolute Gasteiger partial charge is 0.481 e. The van der Waals surface area contributed by atoms with Crippen molar-refractivity contribution in [3.63, 3.8) is 0 Å². The minimum absolute atomic E-state index is 0.0253. The third kappa shape index (κ3) is 5.88. The van der Waals surface area contributed by atoms with E-state index < -0.39 is 12.4 Å². The molecule has 1 fully saturated rings. The molecule has 1 amide bonds. The van der Waals surface area contributed by atoms with Gasteiger partial charge in [-0.1, -0.05) is 62.4 Å². The van der Waals surface area contributed by atoms with Gasteiger partial charge in [0.25, 0.3) is 0 Å². The molecule has 1 aromatic rings. The van der Waals surface area contributed by atoms with Crippen LogP contribution in [0, 0.1) is 5.92 Å². The molecule has 1 atom stereocenters. The molecular formula is C18H25NO3. The van der Waals surface area contributed by atoms with Crippen LogP contribution < -0.4 is 5.32 Å². The first-order valence-corrected chi connectivity index (χ1v) is 8.18. The van der Waals surface area contributed by atoms with Crippen LogP contribution >= 0.6 is 0 Å². The number of amides is 1. The fraction of sp³-hybridized carbons (Fsp3) is 0.556. The Balaban J connectivity index is 1.95. The van der Waals surface area contributed by atoms with Gasteiger partial charge in [-0.15, -0.1) is 0 Å². The van der Waals surface area contributed by atoms with Gasteiger partial charge in [0.1, 0.15) is 6.42 Å². The van der Waals surface area contributed by atoms with Crippen LogP contribution in [0.15, 0.2) is 30.3 Å². The van der Waals surface area contributed by atoms with Crippen molar-refractivity contribution in [1.29, 1.82) is 0 Å². The summed E-state index contributed by atoms with van der Waals surface area (Å²) in [6.45, 7) is 0. The van der Waals surface area contributed by atoms with Gasteiger partial charge in [0, 0.05) is 6.04 Å². The lowest BCUT2D eigenvalue weighted by Gasteiger charge is -2.27. The highest BCUT2D eigenvalue weighted by Crippen LogP contribution is 2.28. The zero-order valence-electron chi connectivity index (χ0n) is 13.0. The molecule has 0 aromatic heterocycles. The monoisotopic (exact) mass is 303 g/mol. The Kier molecular flexibility index (Phi) is 6.44. The van der Waals surface area contributed by atoms with Crippen molar-refractivity contribution in [3.05, 3.63) is 35.9 Å². The van der Waals surface area contributed by atoms with E-state index in [4.69, 9.17) is 5.11 Å². The molecule has 2 N–H and O–H groups in total. The van der Waals surface area contributed by atoms with Gasteiger partial charge >= 0.3 is 5.97 Å². The van der Waals surface area contributed by atoms with Gasteiger partial charge in [-0.05, 0) is 24.3 Å². The molecule has 0 radical (unpaired) electrons. The van der Waals surface area contributed by atoms with Gasteiger partial charge in [-0.3, -0.25) is 9.59 Å². The number of hydrogen-bond acceptors (Lipinski definition) is 2. The number of carboxylic acid groups (broad SMARTS) is 1. The molecule has 0 spiro atoms. The van der Waals surface area contributed by atoms with Crippen molar-refractivity contribution in [1.82, 2.24) is 5.32 Å². The minimum atomic E-state index is -1.08. The Morgan fingerprint density at radius 3 is 2.45 bits per heavy atom. The smallest absolute Gasteiger partial charge is 0.312 e. The fourth-order valence-electron chi connectivity index (χ4n) is 3.33. The average molecular weight is 303 g/mol. The highest BCUT2D eigenvalue weighted by Gasteiger charge is 2.21. The van der Waals surface area contributed by atoms with Crippen molar-refractivity contribution >= 4 is 11.9 Å². The van der Waals surface area contributed by atoms with E-state index in [1.807, 2.05) is 18.2 Å². The second-order valence-corrected chi connectivity index (χ2v) is 6.26. The van der Waals surface area contributed by atoms with Gasteiger partial charge < -0.3 is 10.4 Å². The molecule has 1 saturated carbocycles. The summed E-state index contributed by atoms with van der Waals surface area (Å²) in [5.41, 5.74) is 1.18. The maximum Gasteiger partial charge on any atom is 0.312 e. The molecule has 4 heteroatoms. The van der Waals surface area contributed by atoms with E-state index >= 15 is 0 Å². The van der Waals surface area contributed by atoms with E-state index in [1.54, 1.807) is 0 Å². The molecule has 4 nitrogen and oxygen atoms in total. The molecule has 0 aliphatic heterocycles. The molecule has 22 heavy (non-hydrogen) atoms. The van der Waals surface area contributed by atoms with Crippen molar-refractivity contribution in [2.75, 3.05) is 0 Å². The first-order valence-electron chi connectivity index (χ1n) is 8.18. The summed E-state index contributed by atoms with van der Waals surface area (Å²) in [4.78, 5) is 22.5. The number of carbonyl (C=O) groups excluding carboxylic acids is 1. The van der Waals surface area contributed by atoms with E-state index in [2.05, 4.69) is 17.4 Å². The summed E-state index contributed by atoms with van der Waals surface area (Å²) in [5, 5.41) is 11.7. The van der Waals surface area contributed by atoms with Gasteiger partial charge in [0.15, 0.2) is 0 Å². The summed E-state index contributed by atoms with van der Waals surface area (Å²) < 4.78 is 0. The molecule has 0 heterocycles. The molecule has 2 rings (SSSR count). The van der Waals surface area contributed by atoms with Crippen molar-refractivity contribution in [2.45, 2.75) is 57.4 Å². The number of carboxylic acids is 1. The predicted molar refractivity (Wildman–Crippen MR) is 85.5 cm³/mol. The van der Waals surface area contributed by atoms with Gasteiger partial charge in [-0.2, -0.15) is 0 Å². The third-order valence-electron chi connectivity index (χ3n) is 4.34. The normalized spacial score (nSPS) is 16.9. The standard InChI is InChI=1S/C18H25NO3/c20-17(13-18(21)22)19-16(11-14-7-3-1-4-8-14)12-15-9-5-2-6-10-15/h1,3-4,7-8,15-16H,2,5-6,9-13H2,(H,19,20)(H,21,22). The topological polar surface area (TPSA) is 66.4 Å². The van der Waals surface area contributed by atoms with E-state index in [9.17, 15) is 9.59 Å². The minimum Gasteiger partial charge on any atom is -0.481 e. The van der Waals surface area contributed by atoms with E-state index in [1.165, 1.54) is 37.7 Å². The van der Waals surface area contributed by atoms with E-state index in [0.717, 1.165) is 12.8 Å². The zero-order chi connectivity index (χ0) is 15.8. The Morgan fingerprint density at radius 1 is 1.14 bits per heavy atom. The number of rotatable bonds is 7.